The molecule has 31 heavy (non-hydrogen) atoms. The SMILES string of the molecule is CS(=O)(=O)N(CC(=O)NCc1ccccc1-n1ccnc1)c1ccc2c(c1)OCCO2. The summed E-state index contributed by atoms with van der Waals surface area (Å²) in [5, 5.41) is 2.80. The first-order valence-electron chi connectivity index (χ1n) is 9.62. The number of anilines is 1. The number of hydrogen-bond donors (Lipinski definition) is 1. The van der Waals surface area contributed by atoms with Crippen molar-refractivity contribution in [3.05, 3.63) is 66.7 Å². The molecule has 3 aromatic rings. The molecule has 0 atom stereocenters. The highest BCUT2D eigenvalue weighted by atomic mass is 32.2. The van der Waals surface area contributed by atoms with Crippen molar-refractivity contribution in [2.24, 2.45) is 0 Å². The number of fused-ring (bicyclic) bond motifs is 1. The third-order valence-electron chi connectivity index (χ3n) is 4.75. The van der Waals surface area contributed by atoms with E-state index in [2.05, 4.69) is 10.3 Å². The first-order chi connectivity index (χ1) is 14.9. The van der Waals surface area contributed by atoms with E-state index >= 15 is 0 Å². The Balaban J connectivity index is 1.49. The third-order valence-corrected chi connectivity index (χ3v) is 5.89. The zero-order valence-electron chi connectivity index (χ0n) is 16.9. The van der Waals surface area contributed by atoms with Crippen molar-refractivity contribution in [3.8, 4) is 17.2 Å². The molecule has 0 fully saturated rings. The Morgan fingerprint density at radius 1 is 1.16 bits per heavy atom. The Hall–Kier alpha value is -3.53. The summed E-state index contributed by atoms with van der Waals surface area (Å²) >= 11 is 0. The van der Waals surface area contributed by atoms with Gasteiger partial charge < -0.3 is 19.4 Å². The highest BCUT2D eigenvalue weighted by molar-refractivity contribution is 7.92. The molecule has 4 rings (SSSR count). The highest BCUT2D eigenvalue weighted by Crippen LogP contribution is 2.34. The van der Waals surface area contributed by atoms with Gasteiger partial charge in [-0.1, -0.05) is 18.2 Å². The summed E-state index contributed by atoms with van der Waals surface area (Å²) in [7, 11) is -3.70. The second-order valence-corrected chi connectivity index (χ2v) is 8.88. The summed E-state index contributed by atoms with van der Waals surface area (Å²) in [5.41, 5.74) is 2.09. The molecule has 10 heteroatoms. The number of carbonyl (C=O) groups is 1. The Morgan fingerprint density at radius 3 is 2.68 bits per heavy atom. The van der Waals surface area contributed by atoms with Gasteiger partial charge in [0.25, 0.3) is 0 Å². The summed E-state index contributed by atoms with van der Waals surface area (Å²) in [5.74, 6) is 0.567. The van der Waals surface area contributed by atoms with E-state index in [0.29, 0.717) is 30.4 Å². The smallest absolute Gasteiger partial charge is 0.241 e. The van der Waals surface area contributed by atoms with E-state index in [1.54, 1.807) is 30.7 Å². The van der Waals surface area contributed by atoms with Gasteiger partial charge in [-0.2, -0.15) is 0 Å². The Labute approximate surface area is 180 Å². The Kier molecular flexibility index (Phi) is 5.81. The molecule has 1 aliphatic heterocycles. The van der Waals surface area contributed by atoms with Crippen molar-refractivity contribution in [3.63, 3.8) is 0 Å². The van der Waals surface area contributed by atoms with E-state index in [-0.39, 0.29) is 13.1 Å². The minimum atomic E-state index is -3.70. The van der Waals surface area contributed by atoms with E-state index in [4.69, 9.17) is 9.47 Å². The number of aromatic nitrogens is 2. The van der Waals surface area contributed by atoms with E-state index in [0.717, 1.165) is 21.8 Å². The second-order valence-electron chi connectivity index (χ2n) is 6.97. The number of amides is 1. The lowest BCUT2D eigenvalue weighted by Gasteiger charge is -2.24. The average molecular weight is 442 g/mol. The fourth-order valence-electron chi connectivity index (χ4n) is 3.28. The number of hydrogen-bond acceptors (Lipinski definition) is 6. The van der Waals surface area contributed by atoms with Crippen LogP contribution in [0.4, 0.5) is 5.69 Å². The van der Waals surface area contributed by atoms with Crippen LogP contribution in [-0.4, -0.2) is 49.9 Å². The van der Waals surface area contributed by atoms with Crippen molar-refractivity contribution in [1.82, 2.24) is 14.9 Å². The molecule has 0 spiro atoms. The third kappa shape index (κ3) is 4.80. The lowest BCUT2D eigenvalue weighted by atomic mass is 10.1. The van der Waals surface area contributed by atoms with Crippen LogP contribution in [-0.2, 0) is 21.4 Å². The zero-order chi connectivity index (χ0) is 21.8. The maximum Gasteiger partial charge on any atom is 0.241 e. The van der Waals surface area contributed by atoms with Crippen LogP contribution in [0.25, 0.3) is 5.69 Å². The lowest BCUT2D eigenvalue weighted by molar-refractivity contribution is -0.119. The van der Waals surface area contributed by atoms with Crippen molar-refractivity contribution >= 4 is 21.6 Å². The van der Waals surface area contributed by atoms with Gasteiger partial charge in [-0.15, -0.1) is 0 Å². The van der Waals surface area contributed by atoms with Gasteiger partial charge in [0.2, 0.25) is 15.9 Å². The Bertz CT molecular complexity index is 1180. The minimum absolute atomic E-state index is 0.242. The predicted molar refractivity (Wildman–Crippen MR) is 115 cm³/mol. The first-order valence-corrected chi connectivity index (χ1v) is 11.5. The van der Waals surface area contributed by atoms with Gasteiger partial charge in [0.1, 0.15) is 19.8 Å². The molecule has 0 saturated heterocycles. The number of ether oxygens (including phenoxy) is 2. The summed E-state index contributed by atoms with van der Waals surface area (Å²) in [4.78, 5) is 16.7. The van der Waals surface area contributed by atoms with Crippen LogP contribution < -0.4 is 19.1 Å². The molecule has 2 aromatic carbocycles. The number of nitrogens with one attached hydrogen (secondary N) is 1. The van der Waals surface area contributed by atoms with Crippen molar-refractivity contribution < 1.29 is 22.7 Å². The van der Waals surface area contributed by atoms with Crippen LogP contribution in [0.5, 0.6) is 11.5 Å². The lowest BCUT2D eigenvalue weighted by Crippen LogP contribution is -2.40. The van der Waals surface area contributed by atoms with Gasteiger partial charge >= 0.3 is 0 Å². The van der Waals surface area contributed by atoms with Crippen molar-refractivity contribution in [1.29, 1.82) is 0 Å². The number of rotatable bonds is 7. The molecule has 1 N–H and O–H groups in total. The molecule has 0 radical (unpaired) electrons. The maximum atomic E-state index is 12.6. The molecule has 0 aliphatic carbocycles. The van der Waals surface area contributed by atoms with Gasteiger partial charge in [0.05, 0.1) is 24.0 Å². The normalized spacial score (nSPS) is 12.9. The molecule has 1 amide bonds. The van der Waals surface area contributed by atoms with E-state index < -0.39 is 15.9 Å². The molecular formula is C21H22N4O5S. The van der Waals surface area contributed by atoms with Gasteiger partial charge in [-0.05, 0) is 23.8 Å². The minimum Gasteiger partial charge on any atom is -0.486 e. The van der Waals surface area contributed by atoms with Crippen LogP contribution in [0, 0.1) is 0 Å². The number of imidazole rings is 1. The van der Waals surface area contributed by atoms with E-state index in [9.17, 15) is 13.2 Å². The van der Waals surface area contributed by atoms with Crippen molar-refractivity contribution in [2.75, 3.05) is 30.3 Å². The van der Waals surface area contributed by atoms with Gasteiger partial charge in [-0.3, -0.25) is 9.10 Å². The molecule has 2 heterocycles. The van der Waals surface area contributed by atoms with Crippen molar-refractivity contribution in [2.45, 2.75) is 6.54 Å². The second kappa shape index (κ2) is 8.68. The zero-order valence-corrected chi connectivity index (χ0v) is 17.7. The fraction of sp³-hybridized carbons (Fsp3) is 0.238. The van der Waals surface area contributed by atoms with Crippen LogP contribution >= 0.6 is 0 Å². The topological polar surface area (TPSA) is 103 Å². The predicted octanol–water partition coefficient (Wildman–Crippen LogP) is 1.73. The quantitative estimate of drug-likeness (QED) is 0.598. The van der Waals surface area contributed by atoms with Crippen LogP contribution in [0.15, 0.2) is 61.2 Å². The van der Waals surface area contributed by atoms with Crippen LogP contribution in [0.2, 0.25) is 0 Å². The molecule has 162 valence electrons. The molecule has 9 nitrogen and oxygen atoms in total. The van der Waals surface area contributed by atoms with Gasteiger partial charge in [-0.25, -0.2) is 13.4 Å². The number of nitrogens with zero attached hydrogens (tertiary/aromatic N) is 3. The largest absolute Gasteiger partial charge is 0.486 e. The summed E-state index contributed by atoms with van der Waals surface area (Å²) in [6.07, 6.45) is 6.22. The van der Waals surface area contributed by atoms with Crippen LogP contribution in [0.1, 0.15) is 5.56 Å². The maximum absolute atomic E-state index is 12.6. The number of para-hydroxylation sites is 1. The highest BCUT2D eigenvalue weighted by Gasteiger charge is 2.23. The van der Waals surface area contributed by atoms with E-state index in [1.807, 2.05) is 35.0 Å². The molecular weight excluding hydrogens is 420 g/mol. The number of sulfonamides is 1. The average Bonchev–Trinajstić information content (AvgIpc) is 3.30. The number of carbonyl (C=O) groups excluding carboxylic acids is 1. The van der Waals surface area contributed by atoms with Crippen LogP contribution in [0.3, 0.4) is 0 Å². The Morgan fingerprint density at radius 2 is 1.94 bits per heavy atom. The standard InChI is InChI=1S/C21H22N4O5S/c1-31(27,28)25(17-6-7-19-20(12-17)30-11-10-29-19)14-21(26)23-13-16-4-2-3-5-18(16)24-9-8-22-15-24/h2-9,12,15H,10-11,13-14H2,1H3,(H,23,26). The summed E-state index contributed by atoms with van der Waals surface area (Å²) in [6, 6.07) is 12.4. The molecule has 1 aliphatic rings. The number of benzene rings is 2. The molecule has 0 unspecified atom stereocenters. The molecule has 1 aromatic heterocycles. The van der Waals surface area contributed by atoms with Gasteiger partial charge in [0, 0.05) is 25.0 Å². The summed E-state index contributed by atoms with van der Waals surface area (Å²) < 4.78 is 38.7. The monoisotopic (exact) mass is 442 g/mol. The van der Waals surface area contributed by atoms with Gasteiger partial charge in [0.15, 0.2) is 11.5 Å². The van der Waals surface area contributed by atoms with E-state index in [1.165, 1.54) is 0 Å². The summed E-state index contributed by atoms with van der Waals surface area (Å²) in [6.45, 7) is 0.703. The molecule has 0 bridgehead atoms. The first kappa shape index (κ1) is 20.7. The fourth-order valence-corrected chi connectivity index (χ4v) is 4.13. The molecule has 0 saturated carbocycles.